The first kappa shape index (κ1) is 14.1. The van der Waals surface area contributed by atoms with E-state index in [2.05, 4.69) is 9.72 Å². The lowest BCUT2D eigenvalue weighted by atomic mass is 10.2. The third-order valence-electron chi connectivity index (χ3n) is 1.84. The van der Waals surface area contributed by atoms with E-state index in [1.807, 2.05) is 0 Å². The van der Waals surface area contributed by atoms with Crippen molar-refractivity contribution in [3.8, 4) is 5.75 Å². The number of alkyl halides is 5. The van der Waals surface area contributed by atoms with Crippen LogP contribution in [0.3, 0.4) is 0 Å². The summed E-state index contributed by atoms with van der Waals surface area (Å²) in [5, 5.41) is 10.5. The van der Waals surface area contributed by atoms with Crippen molar-refractivity contribution in [2.24, 2.45) is 0 Å². The normalized spacial score (nSPS) is 11.7. The molecule has 0 saturated carbocycles. The topological polar surface area (TPSA) is 65.3 Å². The van der Waals surface area contributed by atoms with Crippen LogP contribution in [-0.2, 0) is 0 Å². The predicted octanol–water partition coefficient (Wildman–Crippen LogP) is 3.13. The largest absolute Gasteiger partial charge is 0.573 e. The first-order valence-corrected chi connectivity index (χ1v) is 4.31. The van der Waals surface area contributed by atoms with Gasteiger partial charge in [-0.2, -0.15) is 0 Å². The molecule has 0 unspecified atom stereocenters. The zero-order valence-electron chi connectivity index (χ0n) is 8.66. The molecule has 0 atom stereocenters. The highest BCUT2D eigenvalue weighted by atomic mass is 19.4. The van der Waals surface area contributed by atoms with Crippen molar-refractivity contribution in [2.45, 2.75) is 19.7 Å². The number of hydrogen-bond acceptors (Lipinski definition) is 4. The third-order valence-corrected chi connectivity index (χ3v) is 1.84. The Morgan fingerprint density at radius 3 is 2.39 bits per heavy atom. The van der Waals surface area contributed by atoms with E-state index in [0.717, 1.165) is 6.92 Å². The van der Waals surface area contributed by atoms with Crippen LogP contribution < -0.4 is 4.74 Å². The summed E-state index contributed by atoms with van der Waals surface area (Å²) < 4.78 is 64.1. The van der Waals surface area contributed by atoms with Gasteiger partial charge >= 0.3 is 18.6 Å². The zero-order chi connectivity index (χ0) is 14.1. The summed E-state index contributed by atoms with van der Waals surface area (Å²) in [5.74, 6) is -2.17. The number of ether oxygens (including phenoxy) is 1. The van der Waals surface area contributed by atoms with Crippen LogP contribution in [0.25, 0.3) is 0 Å². The van der Waals surface area contributed by atoms with E-state index in [-0.39, 0.29) is 0 Å². The van der Waals surface area contributed by atoms with Gasteiger partial charge in [-0.25, -0.2) is 8.78 Å². The van der Waals surface area contributed by atoms with E-state index in [4.69, 9.17) is 0 Å². The second-order valence-electron chi connectivity index (χ2n) is 3.10. The summed E-state index contributed by atoms with van der Waals surface area (Å²) in [7, 11) is 0. The van der Waals surface area contributed by atoms with Gasteiger partial charge in [-0.15, -0.1) is 13.2 Å². The van der Waals surface area contributed by atoms with Crippen LogP contribution in [0.4, 0.5) is 27.8 Å². The van der Waals surface area contributed by atoms with Crippen molar-refractivity contribution < 1.29 is 31.6 Å². The molecule has 0 aromatic carbocycles. The fraction of sp³-hybridized carbons (Fsp3) is 0.375. The van der Waals surface area contributed by atoms with Gasteiger partial charge in [0.2, 0.25) is 5.69 Å². The number of halogens is 5. The zero-order valence-corrected chi connectivity index (χ0v) is 8.66. The quantitative estimate of drug-likeness (QED) is 0.481. The molecule has 0 radical (unpaired) electrons. The van der Waals surface area contributed by atoms with Crippen LogP contribution in [0.15, 0.2) is 6.07 Å². The Labute approximate surface area is 96.3 Å². The monoisotopic (exact) mass is 272 g/mol. The smallest absolute Gasteiger partial charge is 0.405 e. The minimum absolute atomic E-state index is 0.320. The maximum Gasteiger partial charge on any atom is 0.573 e. The Bertz CT molecular complexity index is 475. The van der Waals surface area contributed by atoms with E-state index >= 15 is 0 Å². The van der Waals surface area contributed by atoms with Crippen molar-refractivity contribution in [1.29, 1.82) is 0 Å². The molecule has 1 rings (SSSR count). The summed E-state index contributed by atoms with van der Waals surface area (Å²) in [6.07, 6.45) is -8.39. The van der Waals surface area contributed by atoms with Crippen LogP contribution in [0, 0.1) is 17.0 Å². The molecule has 0 amide bonds. The number of rotatable bonds is 3. The average Bonchev–Trinajstić information content (AvgIpc) is 2.18. The maximum absolute atomic E-state index is 12.3. The molecule has 1 aromatic rings. The standard InChI is InChI=1S/C8H5F5N2O3/c1-3-5(18-8(11,12)13)2-4(6(9)10)14-7(3)15(16)17/h2,6H,1H3. The number of nitro groups is 1. The second-order valence-corrected chi connectivity index (χ2v) is 3.10. The Balaban J connectivity index is 3.36. The van der Waals surface area contributed by atoms with E-state index in [1.165, 1.54) is 0 Å². The molecule has 0 fully saturated rings. The van der Waals surface area contributed by atoms with E-state index < -0.39 is 40.5 Å². The molecule has 0 saturated heterocycles. The first-order valence-electron chi connectivity index (χ1n) is 4.31. The Morgan fingerprint density at radius 1 is 1.44 bits per heavy atom. The van der Waals surface area contributed by atoms with Gasteiger partial charge in [-0.05, 0) is 16.8 Å². The van der Waals surface area contributed by atoms with Gasteiger partial charge in [0, 0.05) is 6.07 Å². The van der Waals surface area contributed by atoms with Gasteiger partial charge in [0.05, 0.1) is 5.56 Å². The molecule has 18 heavy (non-hydrogen) atoms. The minimum atomic E-state index is -5.14. The second kappa shape index (κ2) is 4.70. The molecule has 0 N–H and O–H groups in total. The molecule has 5 nitrogen and oxygen atoms in total. The number of pyridine rings is 1. The van der Waals surface area contributed by atoms with Gasteiger partial charge < -0.3 is 14.9 Å². The highest BCUT2D eigenvalue weighted by Crippen LogP contribution is 2.33. The van der Waals surface area contributed by atoms with Crippen molar-refractivity contribution in [3.05, 3.63) is 27.4 Å². The fourth-order valence-electron chi connectivity index (χ4n) is 1.11. The van der Waals surface area contributed by atoms with Crippen LogP contribution >= 0.6 is 0 Å². The molecule has 0 spiro atoms. The highest BCUT2D eigenvalue weighted by molar-refractivity contribution is 5.45. The Hall–Kier alpha value is -2.00. The molecule has 100 valence electrons. The van der Waals surface area contributed by atoms with Gasteiger partial charge in [0.25, 0.3) is 0 Å². The molecular formula is C8H5F5N2O3. The van der Waals surface area contributed by atoms with Crippen LogP contribution in [-0.4, -0.2) is 16.3 Å². The van der Waals surface area contributed by atoms with Crippen molar-refractivity contribution in [1.82, 2.24) is 4.98 Å². The molecule has 0 aliphatic heterocycles. The van der Waals surface area contributed by atoms with Gasteiger partial charge in [-0.1, -0.05) is 0 Å². The predicted molar refractivity (Wildman–Crippen MR) is 47.3 cm³/mol. The Morgan fingerprint density at radius 2 is 2.00 bits per heavy atom. The number of nitrogens with zero attached hydrogens (tertiary/aromatic N) is 2. The minimum Gasteiger partial charge on any atom is -0.405 e. The molecule has 1 heterocycles. The van der Waals surface area contributed by atoms with Crippen LogP contribution in [0.5, 0.6) is 5.75 Å². The first-order chi connectivity index (χ1) is 8.11. The lowest BCUT2D eigenvalue weighted by molar-refractivity contribution is -0.390. The average molecular weight is 272 g/mol. The van der Waals surface area contributed by atoms with Crippen LogP contribution in [0.1, 0.15) is 17.7 Å². The van der Waals surface area contributed by atoms with Crippen molar-refractivity contribution >= 4 is 5.82 Å². The van der Waals surface area contributed by atoms with Gasteiger partial charge in [-0.3, -0.25) is 0 Å². The molecule has 0 aliphatic rings. The van der Waals surface area contributed by atoms with E-state index in [1.54, 1.807) is 0 Å². The fourth-order valence-corrected chi connectivity index (χ4v) is 1.11. The molecule has 0 aliphatic carbocycles. The summed E-state index contributed by atoms with van der Waals surface area (Å²) in [6, 6.07) is 0.320. The maximum atomic E-state index is 12.3. The summed E-state index contributed by atoms with van der Waals surface area (Å²) in [5.41, 5.74) is -1.74. The summed E-state index contributed by atoms with van der Waals surface area (Å²) >= 11 is 0. The van der Waals surface area contributed by atoms with Gasteiger partial charge in [0.15, 0.2) is 0 Å². The van der Waals surface area contributed by atoms with E-state index in [9.17, 15) is 32.1 Å². The lowest BCUT2D eigenvalue weighted by Gasteiger charge is -2.11. The van der Waals surface area contributed by atoms with Crippen molar-refractivity contribution in [2.75, 3.05) is 0 Å². The SMILES string of the molecule is Cc1c(OC(F)(F)F)cc(C(F)F)nc1[N+](=O)[O-]. The molecule has 0 bridgehead atoms. The number of hydrogen-bond donors (Lipinski definition) is 0. The third kappa shape index (κ3) is 3.25. The molecule has 1 aromatic heterocycles. The molecular weight excluding hydrogens is 267 g/mol. The summed E-state index contributed by atoms with van der Waals surface area (Å²) in [6.45, 7) is 0.918. The highest BCUT2D eigenvalue weighted by Gasteiger charge is 2.35. The lowest BCUT2D eigenvalue weighted by Crippen LogP contribution is -2.18. The van der Waals surface area contributed by atoms with Gasteiger partial charge in [0.1, 0.15) is 5.75 Å². The number of aromatic nitrogens is 1. The summed E-state index contributed by atoms with van der Waals surface area (Å²) in [4.78, 5) is 12.3. The van der Waals surface area contributed by atoms with E-state index in [0.29, 0.717) is 6.07 Å². The Kier molecular flexibility index (Phi) is 3.67. The van der Waals surface area contributed by atoms with Crippen molar-refractivity contribution in [3.63, 3.8) is 0 Å². The van der Waals surface area contributed by atoms with Crippen LogP contribution in [0.2, 0.25) is 0 Å². The molecule has 10 heteroatoms.